The SMILES string of the molecule is COCCN(NNC(=O)C(N)=O)C(=O)C(N)=O. The van der Waals surface area contributed by atoms with Gasteiger partial charge < -0.3 is 16.2 Å². The third-order valence-electron chi connectivity index (χ3n) is 1.50. The van der Waals surface area contributed by atoms with E-state index < -0.39 is 23.6 Å². The fourth-order valence-corrected chi connectivity index (χ4v) is 0.704. The second kappa shape index (κ2) is 7.14. The van der Waals surface area contributed by atoms with Crippen molar-refractivity contribution in [2.45, 2.75) is 0 Å². The number of hydrogen-bond donors (Lipinski definition) is 4. The second-order valence-corrected chi connectivity index (χ2v) is 2.74. The summed E-state index contributed by atoms with van der Waals surface area (Å²) in [4.78, 5) is 43.0. The molecular formula is C7H13N5O5. The van der Waals surface area contributed by atoms with Crippen molar-refractivity contribution in [3.05, 3.63) is 0 Å². The van der Waals surface area contributed by atoms with E-state index in [9.17, 15) is 19.2 Å². The Morgan fingerprint density at radius 1 is 1.18 bits per heavy atom. The van der Waals surface area contributed by atoms with Gasteiger partial charge in [-0.1, -0.05) is 0 Å². The third kappa shape index (κ3) is 5.44. The van der Waals surface area contributed by atoms with E-state index in [1.165, 1.54) is 7.11 Å². The Bertz CT molecular complexity index is 331. The summed E-state index contributed by atoms with van der Waals surface area (Å²) in [5, 5.41) is 0.673. The van der Waals surface area contributed by atoms with Crippen molar-refractivity contribution in [1.29, 1.82) is 0 Å². The van der Waals surface area contributed by atoms with Gasteiger partial charge in [-0.15, -0.1) is 5.53 Å². The molecule has 0 unspecified atom stereocenters. The van der Waals surface area contributed by atoms with E-state index in [2.05, 4.69) is 10.5 Å². The molecule has 10 nitrogen and oxygen atoms in total. The van der Waals surface area contributed by atoms with Gasteiger partial charge in [-0.3, -0.25) is 24.6 Å². The molecule has 0 rings (SSSR count). The third-order valence-corrected chi connectivity index (χ3v) is 1.50. The van der Waals surface area contributed by atoms with Crippen LogP contribution in [0.4, 0.5) is 0 Å². The molecule has 17 heavy (non-hydrogen) atoms. The number of hydrazine groups is 2. The first-order valence-corrected chi connectivity index (χ1v) is 4.35. The van der Waals surface area contributed by atoms with Gasteiger partial charge in [0.15, 0.2) is 0 Å². The number of hydrogen-bond acceptors (Lipinski definition) is 6. The van der Waals surface area contributed by atoms with E-state index in [0.717, 1.165) is 0 Å². The molecule has 96 valence electrons. The van der Waals surface area contributed by atoms with Crippen LogP contribution in [0.3, 0.4) is 0 Å². The molecule has 0 fully saturated rings. The fourth-order valence-electron chi connectivity index (χ4n) is 0.704. The molecule has 6 N–H and O–H groups in total. The number of carbonyl (C=O) groups is 4. The van der Waals surface area contributed by atoms with Gasteiger partial charge in [-0.25, -0.2) is 5.01 Å². The molecule has 0 aromatic heterocycles. The van der Waals surface area contributed by atoms with Crippen LogP contribution in [0.25, 0.3) is 0 Å². The van der Waals surface area contributed by atoms with Crippen molar-refractivity contribution in [3.8, 4) is 0 Å². The Morgan fingerprint density at radius 3 is 2.18 bits per heavy atom. The first kappa shape index (κ1) is 14.8. The molecule has 0 aliphatic carbocycles. The lowest BCUT2D eigenvalue weighted by Crippen LogP contribution is -2.57. The van der Waals surface area contributed by atoms with Crippen molar-refractivity contribution in [3.63, 3.8) is 0 Å². The van der Waals surface area contributed by atoms with E-state index in [4.69, 9.17) is 5.73 Å². The molecular weight excluding hydrogens is 234 g/mol. The number of nitrogens with one attached hydrogen (secondary N) is 2. The molecule has 0 aromatic carbocycles. The zero-order valence-electron chi connectivity index (χ0n) is 9.06. The molecule has 0 bridgehead atoms. The summed E-state index contributed by atoms with van der Waals surface area (Å²) in [6.45, 7) is 0.00970. The van der Waals surface area contributed by atoms with Crippen LogP contribution in [0.2, 0.25) is 0 Å². The van der Waals surface area contributed by atoms with Crippen LogP contribution < -0.4 is 22.4 Å². The van der Waals surface area contributed by atoms with E-state index in [-0.39, 0.29) is 13.2 Å². The first-order chi connectivity index (χ1) is 7.90. The minimum atomic E-state index is -1.25. The van der Waals surface area contributed by atoms with Crippen molar-refractivity contribution in [2.75, 3.05) is 20.3 Å². The monoisotopic (exact) mass is 247 g/mol. The van der Waals surface area contributed by atoms with Gasteiger partial charge in [0.25, 0.3) is 0 Å². The number of amides is 4. The molecule has 0 radical (unpaired) electrons. The minimum absolute atomic E-state index is 0.0721. The maximum atomic E-state index is 11.2. The molecule has 0 saturated heterocycles. The number of methoxy groups -OCH3 is 1. The van der Waals surface area contributed by atoms with Crippen LogP contribution >= 0.6 is 0 Å². The zero-order chi connectivity index (χ0) is 13.4. The molecule has 0 spiro atoms. The van der Waals surface area contributed by atoms with Gasteiger partial charge in [0, 0.05) is 7.11 Å². The molecule has 0 heterocycles. The van der Waals surface area contributed by atoms with Crippen LogP contribution in [0.1, 0.15) is 0 Å². The minimum Gasteiger partial charge on any atom is -0.383 e. The van der Waals surface area contributed by atoms with Gasteiger partial charge in [0.05, 0.1) is 13.2 Å². The van der Waals surface area contributed by atoms with Crippen molar-refractivity contribution >= 4 is 23.6 Å². The summed E-state index contributed by atoms with van der Waals surface area (Å²) < 4.78 is 4.67. The van der Waals surface area contributed by atoms with Gasteiger partial charge in [-0.05, 0) is 0 Å². The summed E-state index contributed by atoms with van der Waals surface area (Å²) >= 11 is 0. The predicted molar refractivity (Wildman–Crippen MR) is 53.3 cm³/mol. The highest BCUT2D eigenvalue weighted by molar-refractivity contribution is 6.35. The van der Waals surface area contributed by atoms with Crippen LogP contribution in [0.5, 0.6) is 0 Å². The van der Waals surface area contributed by atoms with Gasteiger partial charge in [0.1, 0.15) is 0 Å². The summed E-state index contributed by atoms with van der Waals surface area (Å²) in [6, 6.07) is 0. The fraction of sp³-hybridized carbons (Fsp3) is 0.429. The van der Waals surface area contributed by atoms with Crippen LogP contribution in [0.15, 0.2) is 0 Å². The summed E-state index contributed by atoms with van der Waals surface area (Å²) in [7, 11) is 1.37. The van der Waals surface area contributed by atoms with Gasteiger partial charge in [-0.2, -0.15) is 0 Å². The van der Waals surface area contributed by atoms with E-state index in [1.54, 1.807) is 5.43 Å². The van der Waals surface area contributed by atoms with Gasteiger partial charge in [0.2, 0.25) is 0 Å². The maximum absolute atomic E-state index is 11.2. The van der Waals surface area contributed by atoms with E-state index >= 15 is 0 Å². The lowest BCUT2D eigenvalue weighted by Gasteiger charge is -2.21. The summed E-state index contributed by atoms with van der Waals surface area (Å²) in [6.07, 6.45) is 0. The molecule has 0 aromatic rings. The zero-order valence-corrected chi connectivity index (χ0v) is 9.06. The lowest BCUT2D eigenvalue weighted by molar-refractivity contribution is -0.149. The largest absolute Gasteiger partial charge is 0.383 e. The molecule has 0 aliphatic heterocycles. The van der Waals surface area contributed by atoms with Crippen molar-refractivity contribution < 1.29 is 23.9 Å². The van der Waals surface area contributed by atoms with E-state index in [1.807, 2.05) is 5.53 Å². The Labute approximate surface area is 96.2 Å². The van der Waals surface area contributed by atoms with Crippen molar-refractivity contribution in [2.24, 2.45) is 11.5 Å². The second-order valence-electron chi connectivity index (χ2n) is 2.74. The van der Waals surface area contributed by atoms with Crippen LogP contribution in [-0.2, 0) is 23.9 Å². The molecule has 0 aliphatic rings. The maximum Gasteiger partial charge on any atom is 0.327 e. The normalized spacial score (nSPS) is 9.47. The number of carbonyl (C=O) groups excluding carboxylic acids is 4. The quantitative estimate of drug-likeness (QED) is 0.286. The lowest BCUT2D eigenvalue weighted by atomic mass is 10.5. The highest BCUT2D eigenvalue weighted by Gasteiger charge is 2.20. The van der Waals surface area contributed by atoms with Gasteiger partial charge >= 0.3 is 23.6 Å². The topological polar surface area (TPSA) is 157 Å². The average Bonchev–Trinajstić information content (AvgIpc) is 2.27. The predicted octanol–water partition coefficient (Wildman–Crippen LogP) is -4.03. The number of primary amides is 2. The summed E-state index contributed by atoms with van der Waals surface area (Å²) in [5.41, 5.74) is 13.2. The first-order valence-electron chi connectivity index (χ1n) is 4.35. The Morgan fingerprint density at radius 2 is 1.76 bits per heavy atom. The van der Waals surface area contributed by atoms with E-state index in [0.29, 0.717) is 5.01 Å². The van der Waals surface area contributed by atoms with Crippen LogP contribution in [0, 0.1) is 0 Å². The Balaban J connectivity index is 4.38. The number of nitrogens with zero attached hydrogens (tertiary/aromatic N) is 1. The highest BCUT2D eigenvalue weighted by Crippen LogP contribution is 1.83. The summed E-state index contributed by atoms with van der Waals surface area (Å²) in [5.74, 6) is -4.77. The average molecular weight is 247 g/mol. The number of nitrogens with two attached hydrogens (primary N) is 2. The molecule has 4 amide bonds. The molecule has 0 atom stereocenters. The molecule has 10 heteroatoms. The number of rotatable bonds is 5. The smallest absolute Gasteiger partial charge is 0.327 e. The number of ether oxygens (including phenoxy) is 1. The highest BCUT2D eigenvalue weighted by atomic mass is 16.5. The standard InChI is InChI=1S/C7H13N5O5/c1-17-3-2-12(7(16)5(9)14)11-10-6(15)4(8)13/h11H,2-3H2,1H3,(H2,8,13)(H2,9,14)(H,10,15). The Hall–Kier alpha value is -2.20. The van der Waals surface area contributed by atoms with Crippen molar-refractivity contribution in [1.82, 2.24) is 16.0 Å². The van der Waals surface area contributed by atoms with Crippen LogP contribution in [-0.4, -0.2) is 48.9 Å². The Kier molecular flexibility index (Phi) is 6.21. The molecule has 0 saturated carbocycles.